The predicted octanol–water partition coefficient (Wildman–Crippen LogP) is 0.709. The van der Waals surface area contributed by atoms with Crippen LogP contribution in [0.2, 0.25) is 0 Å². The molecule has 0 bridgehead atoms. The molecule has 1 amide bonds. The van der Waals surface area contributed by atoms with E-state index in [0.717, 1.165) is 0 Å². The Morgan fingerprint density at radius 1 is 1.37 bits per heavy atom. The molecule has 0 saturated heterocycles. The summed E-state index contributed by atoms with van der Waals surface area (Å²) in [6.45, 7) is 0. The van der Waals surface area contributed by atoms with Gasteiger partial charge in [-0.1, -0.05) is 30.3 Å². The molecule has 0 aromatic heterocycles. The second-order valence-corrected chi connectivity index (χ2v) is 4.55. The Hall–Kier alpha value is -2.16. The van der Waals surface area contributed by atoms with Crippen LogP contribution >= 0.6 is 0 Å². The lowest BCUT2D eigenvalue weighted by Gasteiger charge is -2.31. The third-order valence-electron chi connectivity index (χ3n) is 3.34. The Bertz CT molecular complexity index is 574. The van der Waals surface area contributed by atoms with E-state index >= 15 is 0 Å². The van der Waals surface area contributed by atoms with E-state index in [9.17, 15) is 15.0 Å². The normalized spacial score (nSPS) is 26.4. The molecule has 2 rings (SSSR count). The molecule has 1 aromatic rings. The van der Waals surface area contributed by atoms with Gasteiger partial charge in [-0.2, -0.15) is 5.26 Å². The molecule has 3 atom stereocenters. The zero-order chi connectivity index (χ0) is 14.0. The van der Waals surface area contributed by atoms with E-state index in [0.29, 0.717) is 11.1 Å². The van der Waals surface area contributed by atoms with Gasteiger partial charge >= 0.3 is 0 Å². The molecule has 5 heteroatoms. The number of rotatable bonds is 2. The molecule has 0 fully saturated rings. The minimum Gasteiger partial charge on any atom is -0.388 e. The third kappa shape index (κ3) is 2.50. The average Bonchev–Trinajstić information content (AvgIpc) is 2.41. The molecule has 0 saturated carbocycles. The summed E-state index contributed by atoms with van der Waals surface area (Å²) in [5.74, 6) is -1.34. The Balaban J connectivity index is 2.38. The number of nitrogens with two attached hydrogens (primary N) is 1. The maximum absolute atomic E-state index is 11.0. The monoisotopic (exact) mass is 258 g/mol. The third-order valence-corrected chi connectivity index (χ3v) is 3.34. The van der Waals surface area contributed by atoms with Gasteiger partial charge in [-0.15, -0.1) is 0 Å². The van der Waals surface area contributed by atoms with Crippen molar-refractivity contribution in [3.05, 3.63) is 47.0 Å². The van der Waals surface area contributed by atoms with Crippen LogP contribution in [-0.2, 0) is 4.79 Å². The standard InChI is InChI=1S/C14H14N2O3/c15-7-9(14(16)19)5-8-6-12(17)10-3-1-2-4-11(10)13(8)18/h1-5,8,12-13,17-18H,6H2,(H2,16,19). The first-order valence-corrected chi connectivity index (χ1v) is 5.91. The number of nitrogens with zero attached hydrogens (tertiary/aromatic N) is 1. The summed E-state index contributed by atoms with van der Waals surface area (Å²) in [6, 6.07) is 8.73. The molecule has 98 valence electrons. The van der Waals surface area contributed by atoms with Gasteiger partial charge in [0.25, 0.3) is 5.91 Å². The van der Waals surface area contributed by atoms with Crippen molar-refractivity contribution < 1.29 is 15.0 Å². The highest BCUT2D eigenvalue weighted by Gasteiger charge is 2.32. The molecule has 4 N–H and O–H groups in total. The molecule has 0 heterocycles. The highest BCUT2D eigenvalue weighted by molar-refractivity contribution is 5.95. The highest BCUT2D eigenvalue weighted by atomic mass is 16.3. The van der Waals surface area contributed by atoms with E-state index in [2.05, 4.69) is 0 Å². The van der Waals surface area contributed by atoms with E-state index < -0.39 is 24.0 Å². The van der Waals surface area contributed by atoms with E-state index in [1.165, 1.54) is 6.08 Å². The molecule has 0 aliphatic heterocycles. The molecule has 1 aromatic carbocycles. The molecule has 0 radical (unpaired) electrons. The zero-order valence-electron chi connectivity index (χ0n) is 10.2. The van der Waals surface area contributed by atoms with E-state index in [4.69, 9.17) is 11.0 Å². The van der Waals surface area contributed by atoms with Crippen LogP contribution in [0.3, 0.4) is 0 Å². The average molecular weight is 258 g/mol. The maximum atomic E-state index is 11.0. The fourth-order valence-corrected chi connectivity index (χ4v) is 2.38. The first kappa shape index (κ1) is 13.3. The summed E-state index contributed by atoms with van der Waals surface area (Å²) >= 11 is 0. The summed E-state index contributed by atoms with van der Waals surface area (Å²) < 4.78 is 0. The molecule has 1 aliphatic carbocycles. The molecule has 1 aliphatic rings. The van der Waals surface area contributed by atoms with Crippen molar-refractivity contribution in [1.82, 2.24) is 0 Å². The van der Waals surface area contributed by atoms with E-state index in [-0.39, 0.29) is 12.0 Å². The number of primary amides is 1. The molecular formula is C14H14N2O3. The van der Waals surface area contributed by atoms with Gasteiger partial charge in [-0.25, -0.2) is 0 Å². The van der Waals surface area contributed by atoms with Crippen molar-refractivity contribution in [1.29, 1.82) is 5.26 Å². The Labute approximate surface area is 110 Å². The number of nitriles is 1. The van der Waals surface area contributed by atoms with Gasteiger partial charge in [0, 0.05) is 5.92 Å². The van der Waals surface area contributed by atoms with Crippen molar-refractivity contribution in [2.75, 3.05) is 0 Å². The molecular weight excluding hydrogens is 244 g/mol. The van der Waals surface area contributed by atoms with Crippen LogP contribution in [0.25, 0.3) is 0 Å². The minimum atomic E-state index is -0.859. The number of benzene rings is 1. The van der Waals surface area contributed by atoms with Crippen LogP contribution in [0, 0.1) is 17.2 Å². The first-order valence-electron chi connectivity index (χ1n) is 5.91. The SMILES string of the molecule is N#CC(=CC1CC(O)c2ccccc2C1O)C(N)=O. The number of hydrogen-bond donors (Lipinski definition) is 3. The minimum absolute atomic E-state index is 0.198. The van der Waals surface area contributed by atoms with Crippen LogP contribution in [0.4, 0.5) is 0 Å². The van der Waals surface area contributed by atoms with Gasteiger partial charge in [0.05, 0.1) is 12.2 Å². The van der Waals surface area contributed by atoms with Gasteiger partial charge in [-0.3, -0.25) is 4.79 Å². The number of aliphatic hydroxyl groups excluding tert-OH is 2. The smallest absolute Gasteiger partial charge is 0.259 e. The van der Waals surface area contributed by atoms with Crippen LogP contribution in [0.15, 0.2) is 35.9 Å². The lowest BCUT2D eigenvalue weighted by Crippen LogP contribution is -2.24. The van der Waals surface area contributed by atoms with E-state index in [1.807, 2.05) is 0 Å². The molecule has 5 nitrogen and oxygen atoms in total. The number of aliphatic hydroxyl groups is 2. The number of carbonyl (C=O) groups excluding carboxylic acids is 1. The van der Waals surface area contributed by atoms with Crippen molar-refractivity contribution in [3.63, 3.8) is 0 Å². The largest absolute Gasteiger partial charge is 0.388 e. The molecule has 0 spiro atoms. The van der Waals surface area contributed by atoms with Crippen LogP contribution in [0.1, 0.15) is 29.8 Å². The van der Waals surface area contributed by atoms with Crippen LogP contribution < -0.4 is 5.73 Å². The van der Waals surface area contributed by atoms with Crippen molar-refractivity contribution in [2.24, 2.45) is 11.7 Å². The summed E-state index contributed by atoms with van der Waals surface area (Å²) in [5.41, 5.74) is 6.16. The quantitative estimate of drug-likeness (QED) is 0.536. The van der Waals surface area contributed by atoms with Gasteiger partial charge in [0.2, 0.25) is 0 Å². The fourth-order valence-electron chi connectivity index (χ4n) is 2.38. The van der Waals surface area contributed by atoms with Gasteiger partial charge in [0.15, 0.2) is 0 Å². The zero-order valence-corrected chi connectivity index (χ0v) is 10.2. The Morgan fingerprint density at radius 2 is 2.00 bits per heavy atom. The lowest BCUT2D eigenvalue weighted by molar-refractivity contribution is -0.114. The lowest BCUT2D eigenvalue weighted by atomic mass is 9.79. The Kier molecular flexibility index (Phi) is 3.65. The number of amides is 1. The second-order valence-electron chi connectivity index (χ2n) is 4.55. The van der Waals surface area contributed by atoms with Gasteiger partial charge < -0.3 is 15.9 Å². The molecule has 3 unspecified atom stereocenters. The first-order chi connectivity index (χ1) is 9.04. The summed E-state index contributed by atoms with van der Waals surface area (Å²) in [5, 5.41) is 29.1. The van der Waals surface area contributed by atoms with Gasteiger partial charge in [-0.05, 0) is 17.5 Å². The number of carbonyl (C=O) groups is 1. The van der Waals surface area contributed by atoms with Gasteiger partial charge in [0.1, 0.15) is 11.6 Å². The number of hydrogen-bond acceptors (Lipinski definition) is 4. The van der Waals surface area contributed by atoms with Crippen molar-refractivity contribution in [2.45, 2.75) is 18.6 Å². The topological polar surface area (TPSA) is 107 Å². The van der Waals surface area contributed by atoms with Crippen LogP contribution in [-0.4, -0.2) is 16.1 Å². The van der Waals surface area contributed by atoms with Crippen molar-refractivity contribution >= 4 is 5.91 Å². The fraction of sp³-hybridized carbons (Fsp3) is 0.286. The van der Waals surface area contributed by atoms with E-state index in [1.54, 1.807) is 30.3 Å². The molecule has 19 heavy (non-hydrogen) atoms. The van der Waals surface area contributed by atoms with Crippen molar-refractivity contribution in [3.8, 4) is 6.07 Å². The number of fused-ring (bicyclic) bond motifs is 1. The summed E-state index contributed by atoms with van der Waals surface area (Å²) in [7, 11) is 0. The maximum Gasteiger partial charge on any atom is 0.259 e. The predicted molar refractivity (Wildman–Crippen MR) is 67.4 cm³/mol. The summed E-state index contributed by atoms with van der Waals surface area (Å²) in [4.78, 5) is 11.0. The van der Waals surface area contributed by atoms with Crippen LogP contribution in [0.5, 0.6) is 0 Å². The Morgan fingerprint density at radius 3 is 2.58 bits per heavy atom. The summed E-state index contributed by atoms with van der Waals surface area (Å²) in [6.07, 6.45) is -0.000954. The highest BCUT2D eigenvalue weighted by Crippen LogP contribution is 2.40. The second kappa shape index (κ2) is 5.22.